The molecule has 1 aromatic heterocycles. The van der Waals surface area contributed by atoms with Crippen molar-refractivity contribution in [3.05, 3.63) is 89.7 Å². The van der Waals surface area contributed by atoms with Crippen molar-refractivity contribution in [3.8, 4) is 11.5 Å². The first kappa shape index (κ1) is 21.5. The van der Waals surface area contributed by atoms with Crippen molar-refractivity contribution in [1.29, 1.82) is 0 Å². The summed E-state index contributed by atoms with van der Waals surface area (Å²) in [4.78, 5) is 30.5. The fourth-order valence-corrected chi connectivity index (χ4v) is 3.72. The van der Waals surface area contributed by atoms with Gasteiger partial charge in [-0.25, -0.2) is 0 Å². The highest BCUT2D eigenvalue weighted by Gasteiger charge is 2.21. The second kappa shape index (κ2) is 10.1. The zero-order valence-electron chi connectivity index (χ0n) is 17.7. The minimum Gasteiger partial charge on any atom is -0.457 e. The normalized spacial score (nSPS) is 14.6. The number of benzene rings is 2. The van der Waals surface area contributed by atoms with Crippen molar-refractivity contribution in [2.75, 3.05) is 13.1 Å². The Hall–Kier alpha value is -3.71. The van der Waals surface area contributed by atoms with Crippen LogP contribution in [0.1, 0.15) is 39.3 Å². The number of carbonyl (C=O) groups excluding carboxylic acids is 2. The van der Waals surface area contributed by atoms with Gasteiger partial charge in [0, 0.05) is 43.0 Å². The maximum absolute atomic E-state index is 12.6. The van der Waals surface area contributed by atoms with E-state index in [-0.39, 0.29) is 11.9 Å². The molecule has 0 atom stereocenters. The van der Waals surface area contributed by atoms with Crippen molar-refractivity contribution in [2.45, 2.75) is 25.4 Å². The molecule has 0 bridgehead atoms. The largest absolute Gasteiger partial charge is 0.457 e. The van der Waals surface area contributed by atoms with Gasteiger partial charge in [-0.15, -0.1) is 0 Å². The van der Waals surface area contributed by atoms with Crippen LogP contribution >= 0.6 is 0 Å². The maximum Gasteiger partial charge on any atom is 0.251 e. The molecule has 1 aliphatic heterocycles. The number of nitrogens with one attached hydrogen (secondary N) is 1. The lowest BCUT2D eigenvalue weighted by atomic mass is 10.0. The monoisotopic (exact) mass is 430 g/mol. The molecule has 2 heterocycles. The summed E-state index contributed by atoms with van der Waals surface area (Å²) in [6.07, 6.45) is 3.65. The van der Waals surface area contributed by atoms with Crippen molar-refractivity contribution >= 4 is 11.8 Å². The van der Waals surface area contributed by atoms with E-state index in [1.165, 1.54) is 0 Å². The van der Waals surface area contributed by atoms with E-state index in [1.54, 1.807) is 48.5 Å². The van der Waals surface area contributed by atoms with E-state index in [1.807, 2.05) is 24.4 Å². The van der Waals surface area contributed by atoms with Crippen LogP contribution in [0.25, 0.3) is 0 Å². The van der Waals surface area contributed by atoms with Gasteiger partial charge in [-0.1, -0.05) is 6.07 Å². The third-order valence-electron chi connectivity index (χ3n) is 5.53. The first-order valence-corrected chi connectivity index (χ1v) is 10.7. The lowest BCUT2D eigenvalue weighted by Crippen LogP contribution is -2.44. The molecule has 2 aromatic carbocycles. The molecular weight excluding hydrogens is 404 g/mol. The molecule has 0 spiro atoms. The predicted molar refractivity (Wildman–Crippen MR) is 121 cm³/mol. The number of nitrogens with two attached hydrogens (primary N) is 1. The predicted octanol–water partition coefficient (Wildman–Crippen LogP) is 3.37. The molecule has 7 nitrogen and oxygen atoms in total. The molecule has 1 saturated heterocycles. The summed E-state index contributed by atoms with van der Waals surface area (Å²) >= 11 is 0. The molecule has 3 N–H and O–H groups in total. The quantitative estimate of drug-likeness (QED) is 0.599. The lowest BCUT2D eigenvalue weighted by molar-refractivity contribution is 0.0907. The molecule has 1 aliphatic rings. The number of rotatable bonds is 7. The highest BCUT2D eigenvalue weighted by Crippen LogP contribution is 2.22. The number of pyridine rings is 1. The van der Waals surface area contributed by atoms with E-state index in [4.69, 9.17) is 10.5 Å². The molecule has 32 heavy (non-hydrogen) atoms. The van der Waals surface area contributed by atoms with E-state index in [0.717, 1.165) is 38.2 Å². The van der Waals surface area contributed by atoms with Gasteiger partial charge in [-0.05, 0) is 73.5 Å². The van der Waals surface area contributed by atoms with Gasteiger partial charge in [0.2, 0.25) is 5.91 Å². The number of hydrogen-bond acceptors (Lipinski definition) is 5. The number of primary amides is 1. The molecule has 0 saturated carbocycles. The second-order valence-electron chi connectivity index (χ2n) is 7.86. The molecule has 1 fully saturated rings. The van der Waals surface area contributed by atoms with Crippen LogP contribution in [0.5, 0.6) is 11.5 Å². The van der Waals surface area contributed by atoms with E-state index in [9.17, 15) is 9.59 Å². The number of likely N-dealkylation sites (tertiary alicyclic amines) is 1. The van der Waals surface area contributed by atoms with Gasteiger partial charge in [0.1, 0.15) is 11.5 Å². The Bertz CT molecular complexity index is 1040. The van der Waals surface area contributed by atoms with E-state index in [0.29, 0.717) is 22.6 Å². The molecule has 2 amide bonds. The number of piperidine rings is 1. The highest BCUT2D eigenvalue weighted by molar-refractivity contribution is 5.94. The summed E-state index contributed by atoms with van der Waals surface area (Å²) in [7, 11) is 0. The number of hydrogen-bond donors (Lipinski definition) is 2. The molecule has 0 aliphatic carbocycles. The maximum atomic E-state index is 12.6. The fraction of sp³-hybridized carbons (Fsp3) is 0.240. The number of ether oxygens (including phenoxy) is 1. The Labute approximate surface area is 187 Å². The van der Waals surface area contributed by atoms with Crippen LogP contribution in [0, 0.1) is 0 Å². The molecular formula is C25H26N4O3. The molecule has 3 aromatic rings. The summed E-state index contributed by atoms with van der Waals surface area (Å²) in [5.41, 5.74) is 7.33. The smallest absolute Gasteiger partial charge is 0.251 e. The first-order valence-electron chi connectivity index (χ1n) is 10.7. The van der Waals surface area contributed by atoms with Gasteiger partial charge < -0.3 is 15.8 Å². The standard InChI is InChI=1S/C25H26N4O3/c26-24(30)18-4-8-22(9-5-18)32-23-10-6-19(7-11-23)25(31)28-20-12-15-29(16-13-20)17-21-3-1-2-14-27-21/h1-11,14,20H,12-13,15-17H2,(H2,26,30)(H,28,31). The van der Waals surface area contributed by atoms with Crippen molar-refractivity contribution in [2.24, 2.45) is 5.73 Å². The second-order valence-corrected chi connectivity index (χ2v) is 7.86. The number of amides is 2. The number of carbonyl (C=O) groups is 2. The fourth-order valence-electron chi connectivity index (χ4n) is 3.72. The summed E-state index contributed by atoms with van der Waals surface area (Å²) in [5, 5.41) is 3.14. The Morgan fingerprint density at radius 1 is 0.938 bits per heavy atom. The highest BCUT2D eigenvalue weighted by atomic mass is 16.5. The van der Waals surface area contributed by atoms with Crippen LogP contribution in [-0.4, -0.2) is 40.8 Å². The Balaban J connectivity index is 1.25. The first-order chi connectivity index (χ1) is 15.6. The van der Waals surface area contributed by atoms with Crippen LogP contribution < -0.4 is 15.8 Å². The van der Waals surface area contributed by atoms with E-state index < -0.39 is 5.91 Å². The summed E-state index contributed by atoms with van der Waals surface area (Å²) < 4.78 is 5.76. The molecule has 4 rings (SSSR count). The molecule has 0 radical (unpaired) electrons. The number of nitrogens with zero attached hydrogens (tertiary/aromatic N) is 2. The summed E-state index contributed by atoms with van der Waals surface area (Å²) in [5.74, 6) is 0.636. The Morgan fingerprint density at radius 3 is 2.12 bits per heavy atom. The summed E-state index contributed by atoms with van der Waals surface area (Å²) in [6, 6.07) is 19.7. The van der Waals surface area contributed by atoms with Gasteiger partial charge >= 0.3 is 0 Å². The van der Waals surface area contributed by atoms with Crippen LogP contribution in [0.15, 0.2) is 72.9 Å². The molecule has 0 unspecified atom stereocenters. The Morgan fingerprint density at radius 2 is 1.56 bits per heavy atom. The zero-order chi connectivity index (χ0) is 22.3. The van der Waals surface area contributed by atoms with Crippen molar-refractivity contribution in [1.82, 2.24) is 15.2 Å². The van der Waals surface area contributed by atoms with Gasteiger partial charge in [0.25, 0.3) is 5.91 Å². The minimum atomic E-state index is -0.481. The van der Waals surface area contributed by atoms with E-state index in [2.05, 4.69) is 15.2 Å². The number of aromatic nitrogens is 1. The van der Waals surface area contributed by atoms with Crippen LogP contribution in [0.4, 0.5) is 0 Å². The Kier molecular flexibility index (Phi) is 6.77. The van der Waals surface area contributed by atoms with Crippen LogP contribution in [-0.2, 0) is 6.54 Å². The average molecular weight is 431 g/mol. The summed E-state index contributed by atoms with van der Waals surface area (Å²) in [6.45, 7) is 2.71. The van der Waals surface area contributed by atoms with Gasteiger partial charge in [0.15, 0.2) is 0 Å². The lowest BCUT2D eigenvalue weighted by Gasteiger charge is -2.32. The SMILES string of the molecule is NC(=O)c1ccc(Oc2ccc(C(=O)NC3CCN(Cc4ccccn4)CC3)cc2)cc1. The zero-order valence-corrected chi connectivity index (χ0v) is 17.7. The van der Waals surface area contributed by atoms with E-state index >= 15 is 0 Å². The third kappa shape index (κ3) is 5.70. The molecule has 164 valence electrons. The van der Waals surface area contributed by atoms with Crippen molar-refractivity contribution < 1.29 is 14.3 Å². The van der Waals surface area contributed by atoms with Gasteiger partial charge in [0.05, 0.1) is 5.69 Å². The van der Waals surface area contributed by atoms with Gasteiger partial charge in [-0.3, -0.25) is 19.5 Å². The topological polar surface area (TPSA) is 97.6 Å². The third-order valence-corrected chi connectivity index (χ3v) is 5.53. The average Bonchev–Trinajstić information content (AvgIpc) is 2.82. The minimum absolute atomic E-state index is 0.0782. The van der Waals surface area contributed by atoms with Crippen LogP contribution in [0.2, 0.25) is 0 Å². The molecule has 7 heteroatoms. The van der Waals surface area contributed by atoms with Crippen molar-refractivity contribution in [3.63, 3.8) is 0 Å². The van der Waals surface area contributed by atoms with Crippen LogP contribution in [0.3, 0.4) is 0 Å². The van der Waals surface area contributed by atoms with Gasteiger partial charge in [-0.2, -0.15) is 0 Å².